The Morgan fingerprint density at radius 2 is 2.03 bits per heavy atom. The van der Waals surface area contributed by atoms with Gasteiger partial charge < -0.3 is 19.5 Å². The zero-order chi connectivity index (χ0) is 21.0. The molecule has 1 aliphatic heterocycles. The van der Waals surface area contributed by atoms with E-state index in [9.17, 15) is 0 Å². The number of guanidine groups is 1. The molecule has 0 aliphatic carbocycles. The minimum absolute atomic E-state index is 0.747. The van der Waals surface area contributed by atoms with Gasteiger partial charge in [0.1, 0.15) is 12.2 Å². The number of methoxy groups -OCH3 is 1. The van der Waals surface area contributed by atoms with E-state index in [2.05, 4.69) is 62.2 Å². The molecule has 0 unspecified atom stereocenters. The minimum atomic E-state index is 0.747. The van der Waals surface area contributed by atoms with Crippen LogP contribution >= 0.6 is 0 Å². The van der Waals surface area contributed by atoms with Gasteiger partial charge in [0, 0.05) is 52.9 Å². The molecule has 1 aromatic carbocycles. The summed E-state index contributed by atoms with van der Waals surface area (Å²) in [5.41, 5.74) is 1.45. The van der Waals surface area contributed by atoms with Crippen LogP contribution in [-0.2, 0) is 24.1 Å². The number of aromatic nitrogens is 3. The molecule has 7 nitrogen and oxygen atoms in total. The third-order valence-electron chi connectivity index (χ3n) is 5.70. The Labute approximate surface area is 180 Å². The summed E-state index contributed by atoms with van der Waals surface area (Å²) in [5, 5.41) is 11.8. The van der Waals surface area contributed by atoms with Gasteiger partial charge >= 0.3 is 0 Å². The lowest BCUT2D eigenvalue weighted by Crippen LogP contribution is -2.46. The second kappa shape index (κ2) is 12.3. The van der Waals surface area contributed by atoms with Crippen molar-refractivity contribution in [3.63, 3.8) is 0 Å². The lowest BCUT2D eigenvalue weighted by Gasteiger charge is -2.34. The molecule has 2 aromatic rings. The van der Waals surface area contributed by atoms with Gasteiger partial charge in [0.05, 0.1) is 0 Å². The molecule has 1 N–H and O–H groups in total. The Kier molecular flexibility index (Phi) is 9.15. The summed E-state index contributed by atoms with van der Waals surface area (Å²) in [7, 11) is 1.74. The van der Waals surface area contributed by atoms with Crippen molar-refractivity contribution >= 4 is 5.96 Å². The first-order valence-electron chi connectivity index (χ1n) is 11.2. The van der Waals surface area contributed by atoms with Crippen LogP contribution in [0.3, 0.4) is 0 Å². The third-order valence-corrected chi connectivity index (χ3v) is 5.70. The van der Waals surface area contributed by atoms with Crippen LogP contribution in [0.4, 0.5) is 0 Å². The standard InChI is InChI=1S/C23H36N6O/c1-3-22-27-26-19-29(22)16-13-25-23(24-12-7-17-30-2)28-14-10-21(11-15-28)18-20-8-5-4-6-9-20/h4-6,8-9,19,21H,3,7,10-18H2,1-2H3,(H,24,25). The van der Waals surface area contributed by atoms with Crippen molar-refractivity contribution in [2.45, 2.75) is 45.6 Å². The van der Waals surface area contributed by atoms with Gasteiger partial charge in [0.2, 0.25) is 0 Å². The maximum atomic E-state index is 5.17. The molecule has 0 radical (unpaired) electrons. The van der Waals surface area contributed by atoms with Crippen molar-refractivity contribution in [3.8, 4) is 0 Å². The summed E-state index contributed by atoms with van der Waals surface area (Å²) in [5.74, 6) is 2.80. The smallest absolute Gasteiger partial charge is 0.193 e. The lowest BCUT2D eigenvalue weighted by atomic mass is 9.90. The third kappa shape index (κ3) is 6.83. The van der Waals surface area contributed by atoms with E-state index in [4.69, 9.17) is 9.73 Å². The van der Waals surface area contributed by atoms with E-state index < -0.39 is 0 Å². The summed E-state index contributed by atoms with van der Waals surface area (Å²) >= 11 is 0. The molecule has 30 heavy (non-hydrogen) atoms. The fraction of sp³-hybridized carbons (Fsp3) is 0.609. The predicted octanol–water partition coefficient (Wildman–Crippen LogP) is 2.78. The molecule has 0 amide bonds. The molecule has 1 fully saturated rings. The van der Waals surface area contributed by atoms with Crippen molar-refractivity contribution in [1.82, 2.24) is 25.0 Å². The Balaban J connectivity index is 1.51. The largest absolute Gasteiger partial charge is 0.385 e. The van der Waals surface area contributed by atoms with Crippen molar-refractivity contribution in [2.75, 3.05) is 39.9 Å². The molecule has 0 bridgehead atoms. The molecule has 1 aliphatic rings. The van der Waals surface area contributed by atoms with Crippen LogP contribution in [0, 0.1) is 5.92 Å². The molecule has 164 valence electrons. The number of piperidine rings is 1. The van der Waals surface area contributed by atoms with E-state index in [1.807, 2.05) is 6.33 Å². The molecule has 3 rings (SSSR count). The molecule has 0 saturated carbocycles. The number of aryl methyl sites for hydroxylation is 1. The fourth-order valence-corrected chi connectivity index (χ4v) is 3.99. The predicted molar refractivity (Wildman–Crippen MR) is 121 cm³/mol. The van der Waals surface area contributed by atoms with E-state index in [0.717, 1.165) is 69.9 Å². The Bertz CT molecular complexity index is 752. The summed E-state index contributed by atoms with van der Waals surface area (Å²) in [6.07, 6.45) is 7.24. The van der Waals surface area contributed by atoms with Crippen molar-refractivity contribution in [1.29, 1.82) is 0 Å². The van der Waals surface area contributed by atoms with Gasteiger partial charge in [-0.1, -0.05) is 37.3 Å². The van der Waals surface area contributed by atoms with Crippen molar-refractivity contribution in [2.24, 2.45) is 10.9 Å². The molecule has 7 heteroatoms. The number of hydrogen-bond acceptors (Lipinski definition) is 4. The highest BCUT2D eigenvalue weighted by atomic mass is 16.5. The topological polar surface area (TPSA) is 67.6 Å². The van der Waals surface area contributed by atoms with Gasteiger partial charge in [-0.25, -0.2) is 0 Å². The normalized spacial score (nSPS) is 15.5. The molecule has 0 spiro atoms. The molecule has 0 atom stereocenters. The SMILES string of the molecule is CCc1nncn1CCNC(=NCCCOC)N1CCC(Cc2ccccc2)CC1. The van der Waals surface area contributed by atoms with E-state index in [1.165, 1.54) is 24.8 Å². The highest BCUT2D eigenvalue weighted by molar-refractivity contribution is 5.80. The van der Waals surface area contributed by atoms with Gasteiger partial charge in [-0.2, -0.15) is 0 Å². The zero-order valence-corrected chi connectivity index (χ0v) is 18.5. The molecular weight excluding hydrogens is 376 g/mol. The second-order valence-electron chi connectivity index (χ2n) is 7.89. The number of nitrogens with zero attached hydrogens (tertiary/aromatic N) is 5. The first kappa shape index (κ1) is 22.3. The van der Waals surface area contributed by atoms with E-state index in [-0.39, 0.29) is 0 Å². The summed E-state index contributed by atoms with van der Waals surface area (Å²) in [6.45, 7) is 7.41. The summed E-state index contributed by atoms with van der Waals surface area (Å²) in [4.78, 5) is 7.28. The zero-order valence-electron chi connectivity index (χ0n) is 18.5. The Hall–Kier alpha value is -2.41. The van der Waals surface area contributed by atoms with Crippen LogP contribution in [0.15, 0.2) is 41.7 Å². The Morgan fingerprint density at radius 1 is 1.23 bits per heavy atom. The first-order chi connectivity index (χ1) is 14.8. The van der Waals surface area contributed by atoms with Crippen LogP contribution in [0.2, 0.25) is 0 Å². The Morgan fingerprint density at radius 3 is 2.77 bits per heavy atom. The van der Waals surface area contributed by atoms with Gasteiger partial charge in [-0.05, 0) is 37.2 Å². The van der Waals surface area contributed by atoms with E-state index >= 15 is 0 Å². The average Bonchev–Trinajstić information content (AvgIpc) is 3.24. The highest BCUT2D eigenvalue weighted by Crippen LogP contribution is 2.21. The number of rotatable bonds is 10. The molecule has 1 aromatic heterocycles. The van der Waals surface area contributed by atoms with Gasteiger partial charge in [-0.3, -0.25) is 4.99 Å². The van der Waals surface area contributed by atoms with Crippen LogP contribution < -0.4 is 5.32 Å². The highest BCUT2D eigenvalue weighted by Gasteiger charge is 2.21. The average molecular weight is 413 g/mol. The molecule has 2 heterocycles. The number of likely N-dealkylation sites (tertiary alicyclic amines) is 1. The van der Waals surface area contributed by atoms with Crippen molar-refractivity contribution in [3.05, 3.63) is 48.0 Å². The maximum Gasteiger partial charge on any atom is 0.193 e. The maximum absolute atomic E-state index is 5.17. The number of ether oxygens (including phenoxy) is 1. The van der Waals surface area contributed by atoms with Gasteiger partial charge in [0.15, 0.2) is 5.96 Å². The minimum Gasteiger partial charge on any atom is -0.385 e. The lowest BCUT2D eigenvalue weighted by molar-refractivity contribution is 0.196. The van der Waals surface area contributed by atoms with Gasteiger partial charge in [0.25, 0.3) is 0 Å². The first-order valence-corrected chi connectivity index (χ1v) is 11.2. The van der Waals surface area contributed by atoms with Crippen molar-refractivity contribution < 1.29 is 4.74 Å². The number of aliphatic imine (C=N–C) groups is 1. The molecular formula is C23H36N6O. The number of hydrogen-bond donors (Lipinski definition) is 1. The van der Waals surface area contributed by atoms with Crippen LogP contribution in [-0.4, -0.2) is 65.5 Å². The van der Waals surface area contributed by atoms with Gasteiger partial charge in [-0.15, -0.1) is 10.2 Å². The second-order valence-corrected chi connectivity index (χ2v) is 7.89. The summed E-state index contributed by atoms with van der Waals surface area (Å²) in [6, 6.07) is 10.9. The monoisotopic (exact) mass is 412 g/mol. The summed E-state index contributed by atoms with van der Waals surface area (Å²) < 4.78 is 7.29. The van der Waals surface area contributed by atoms with Crippen LogP contribution in [0.5, 0.6) is 0 Å². The quantitative estimate of drug-likeness (QED) is 0.369. The number of nitrogens with one attached hydrogen (secondary N) is 1. The number of benzene rings is 1. The van der Waals surface area contributed by atoms with E-state index in [0.29, 0.717) is 0 Å². The van der Waals surface area contributed by atoms with E-state index in [1.54, 1.807) is 7.11 Å². The van der Waals surface area contributed by atoms with Crippen LogP contribution in [0.1, 0.15) is 37.6 Å². The molecule has 1 saturated heterocycles. The van der Waals surface area contributed by atoms with Crippen LogP contribution in [0.25, 0.3) is 0 Å². The fourth-order valence-electron chi connectivity index (χ4n) is 3.99.